The Bertz CT molecular complexity index is 964. The highest BCUT2D eigenvalue weighted by atomic mass is 32.2. The van der Waals surface area contributed by atoms with E-state index in [9.17, 15) is 14.4 Å². The van der Waals surface area contributed by atoms with Crippen molar-refractivity contribution in [2.75, 3.05) is 20.0 Å². The van der Waals surface area contributed by atoms with Crippen LogP contribution in [-0.2, 0) is 14.3 Å². The van der Waals surface area contributed by atoms with Gasteiger partial charge in [0.05, 0.1) is 25.7 Å². The van der Waals surface area contributed by atoms with Crippen molar-refractivity contribution in [3.63, 3.8) is 0 Å². The van der Waals surface area contributed by atoms with Gasteiger partial charge < -0.3 is 19.2 Å². The fourth-order valence-electron chi connectivity index (χ4n) is 3.55. The topological polar surface area (TPSA) is 94.7 Å². The lowest BCUT2D eigenvalue weighted by atomic mass is 9.68. The van der Waals surface area contributed by atoms with Gasteiger partial charge >= 0.3 is 16.8 Å². The van der Waals surface area contributed by atoms with Crippen molar-refractivity contribution in [1.29, 1.82) is 0 Å². The Labute approximate surface area is 156 Å². The molecule has 0 aliphatic carbocycles. The minimum Gasteiger partial charge on any atom is -0.493 e. The molecule has 136 valence electrons. The Morgan fingerprint density at radius 3 is 2.92 bits per heavy atom. The number of carbonyl (C=O) groups excluding carboxylic acids is 2. The Hall–Kier alpha value is -2.26. The number of thioether (sulfide) groups is 1. The number of hydrogen-bond acceptors (Lipinski definition) is 8. The normalized spacial score (nSPS) is 23.3. The van der Waals surface area contributed by atoms with Crippen LogP contribution in [0.15, 0.2) is 28.0 Å². The van der Waals surface area contributed by atoms with Gasteiger partial charge in [-0.1, -0.05) is 23.5 Å². The Kier molecular flexibility index (Phi) is 4.07. The number of para-hydroxylation sites is 1. The van der Waals surface area contributed by atoms with Crippen LogP contribution in [0.25, 0.3) is 0 Å². The van der Waals surface area contributed by atoms with E-state index in [1.165, 1.54) is 26.0 Å². The van der Waals surface area contributed by atoms with Gasteiger partial charge in [0.2, 0.25) is 0 Å². The number of thiazole rings is 1. The molecule has 3 heterocycles. The Balaban J connectivity index is 1.98. The molecule has 0 unspecified atom stereocenters. The number of ether oxygens (including phenoxy) is 3. The molecule has 0 saturated heterocycles. The van der Waals surface area contributed by atoms with Crippen LogP contribution >= 0.6 is 23.1 Å². The summed E-state index contributed by atoms with van der Waals surface area (Å²) in [5, 5.41) is 0.731. The van der Waals surface area contributed by atoms with E-state index >= 15 is 0 Å². The van der Waals surface area contributed by atoms with E-state index in [1.54, 1.807) is 12.1 Å². The fraction of sp³-hybridized carbons (Fsp3) is 0.353. The lowest BCUT2D eigenvalue weighted by molar-refractivity contribution is -0.156. The van der Waals surface area contributed by atoms with Gasteiger partial charge in [-0.05, 0) is 6.07 Å². The second kappa shape index (κ2) is 6.17. The van der Waals surface area contributed by atoms with Crippen LogP contribution in [0.4, 0.5) is 0 Å². The lowest BCUT2D eigenvalue weighted by Crippen LogP contribution is -2.49. The van der Waals surface area contributed by atoms with Gasteiger partial charge in [0, 0.05) is 22.1 Å². The number of methoxy groups -OCH3 is 2. The van der Waals surface area contributed by atoms with Gasteiger partial charge in [0.25, 0.3) is 0 Å². The van der Waals surface area contributed by atoms with E-state index in [1.807, 2.05) is 6.07 Å². The number of H-pyrrole nitrogens is 1. The molecule has 0 radical (unpaired) electrons. The van der Waals surface area contributed by atoms with Crippen LogP contribution in [-0.4, -0.2) is 36.9 Å². The summed E-state index contributed by atoms with van der Waals surface area (Å²) in [4.78, 5) is 40.5. The molecular formula is C17H15NO6S2. The first-order chi connectivity index (χ1) is 12.5. The van der Waals surface area contributed by atoms with Crippen molar-refractivity contribution in [2.24, 2.45) is 5.41 Å². The first kappa shape index (κ1) is 17.2. The summed E-state index contributed by atoms with van der Waals surface area (Å²) in [5.74, 6) is -0.404. The maximum Gasteiger partial charge on any atom is 0.320 e. The number of benzene rings is 1. The number of aromatic amines is 1. The number of esters is 2. The number of aromatic nitrogens is 1. The Morgan fingerprint density at radius 1 is 1.38 bits per heavy atom. The molecule has 1 aromatic heterocycles. The highest BCUT2D eigenvalue weighted by Gasteiger charge is 2.57. The van der Waals surface area contributed by atoms with E-state index < -0.39 is 23.3 Å². The third kappa shape index (κ3) is 2.38. The van der Waals surface area contributed by atoms with Gasteiger partial charge in [-0.25, -0.2) is 0 Å². The van der Waals surface area contributed by atoms with Crippen LogP contribution in [0.2, 0.25) is 0 Å². The van der Waals surface area contributed by atoms with E-state index in [4.69, 9.17) is 14.2 Å². The second-order valence-corrected chi connectivity index (χ2v) is 8.11. The standard InChI is InChI=1S/C17H15NO6S2/c1-22-9-5-3-4-8-11-13-14(18-16(21)26-13)25-7-17(11,6-10(19)23-2)15(20)24-12(8)9/h3-5,11H,6-7H2,1-2H3,(H,18,21)/t11-,17+/m1/s1. The number of nitrogens with one attached hydrogen (secondary N) is 1. The SMILES string of the molecule is COC(=O)C[C@]12CSc3[nH]c(=O)sc3[C@H]1c1cccc(OC)c1OC2=O. The largest absolute Gasteiger partial charge is 0.493 e. The van der Waals surface area contributed by atoms with Crippen LogP contribution in [0.3, 0.4) is 0 Å². The summed E-state index contributed by atoms with van der Waals surface area (Å²) >= 11 is 2.41. The minimum absolute atomic E-state index is 0.123. The molecule has 0 amide bonds. The van der Waals surface area contributed by atoms with Crippen molar-refractivity contribution in [3.05, 3.63) is 38.3 Å². The van der Waals surface area contributed by atoms with E-state index in [2.05, 4.69) is 4.98 Å². The smallest absolute Gasteiger partial charge is 0.320 e. The van der Waals surface area contributed by atoms with Crippen molar-refractivity contribution in [2.45, 2.75) is 17.4 Å². The summed E-state index contributed by atoms with van der Waals surface area (Å²) in [6.07, 6.45) is -0.123. The van der Waals surface area contributed by atoms with Crippen molar-refractivity contribution in [3.8, 4) is 11.5 Å². The molecule has 1 aromatic carbocycles. The monoisotopic (exact) mass is 393 g/mol. The summed E-state index contributed by atoms with van der Waals surface area (Å²) in [6.45, 7) is 0. The molecule has 4 rings (SSSR count). The summed E-state index contributed by atoms with van der Waals surface area (Å²) in [7, 11) is 2.78. The zero-order valence-electron chi connectivity index (χ0n) is 14.0. The van der Waals surface area contributed by atoms with E-state index in [0.717, 1.165) is 26.8 Å². The summed E-state index contributed by atoms with van der Waals surface area (Å²) < 4.78 is 15.8. The molecule has 9 heteroatoms. The number of carbonyl (C=O) groups is 2. The van der Waals surface area contributed by atoms with Crippen molar-refractivity contribution in [1.82, 2.24) is 4.98 Å². The predicted octanol–water partition coefficient (Wildman–Crippen LogP) is 2.15. The molecule has 2 aromatic rings. The third-order valence-electron chi connectivity index (χ3n) is 4.76. The molecule has 2 aliphatic heterocycles. The predicted molar refractivity (Wildman–Crippen MR) is 95.2 cm³/mol. The first-order valence-corrected chi connectivity index (χ1v) is 9.62. The molecule has 0 fully saturated rings. The van der Waals surface area contributed by atoms with Crippen molar-refractivity contribution < 1.29 is 23.8 Å². The van der Waals surface area contributed by atoms with Gasteiger partial charge in [0.1, 0.15) is 5.41 Å². The zero-order chi connectivity index (χ0) is 18.5. The average Bonchev–Trinajstić information content (AvgIpc) is 3.01. The molecule has 0 bridgehead atoms. The molecule has 0 saturated carbocycles. The third-order valence-corrected chi connectivity index (χ3v) is 7.11. The van der Waals surface area contributed by atoms with E-state index in [0.29, 0.717) is 17.3 Å². The van der Waals surface area contributed by atoms with Gasteiger partial charge in [-0.15, -0.1) is 11.8 Å². The molecule has 26 heavy (non-hydrogen) atoms. The maximum atomic E-state index is 13.1. The zero-order valence-corrected chi connectivity index (χ0v) is 15.6. The van der Waals surface area contributed by atoms with Gasteiger partial charge in [-0.3, -0.25) is 14.4 Å². The minimum atomic E-state index is -1.13. The van der Waals surface area contributed by atoms with Crippen LogP contribution in [0.1, 0.15) is 22.8 Å². The number of rotatable bonds is 3. The van der Waals surface area contributed by atoms with Crippen molar-refractivity contribution >= 4 is 35.0 Å². The Morgan fingerprint density at radius 2 is 2.19 bits per heavy atom. The average molecular weight is 393 g/mol. The highest BCUT2D eigenvalue weighted by molar-refractivity contribution is 7.99. The molecule has 1 N–H and O–H groups in total. The number of fused-ring (bicyclic) bond motifs is 5. The first-order valence-electron chi connectivity index (χ1n) is 7.82. The quantitative estimate of drug-likeness (QED) is 0.631. The molecule has 2 atom stereocenters. The van der Waals surface area contributed by atoms with Crippen LogP contribution in [0, 0.1) is 5.41 Å². The molecule has 7 nitrogen and oxygen atoms in total. The van der Waals surface area contributed by atoms with E-state index in [-0.39, 0.29) is 11.3 Å². The fourth-order valence-corrected chi connectivity index (χ4v) is 6.10. The summed E-state index contributed by atoms with van der Waals surface area (Å²) in [5.41, 5.74) is -0.403. The highest BCUT2D eigenvalue weighted by Crippen LogP contribution is 2.59. The van der Waals surface area contributed by atoms with Crippen LogP contribution in [0.5, 0.6) is 11.5 Å². The molecular weight excluding hydrogens is 378 g/mol. The van der Waals surface area contributed by atoms with Crippen LogP contribution < -0.4 is 14.3 Å². The summed E-state index contributed by atoms with van der Waals surface area (Å²) in [6, 6.07) is 5.35. The molecule has 0 spiro atoms. The number of hydrogen-bond donors (Lipinski definition) is 1. The molecule has 2 aliphatic rings. The van der Waals surface area contributed by atoms with Gasteiger partial charge in [-0.2, -0.15) is 0 Å². The van der Waals surface area contributed by atoms with Gasteiger partial charge in [0.15, 0.2) is 11.5 Å². The lowest BCUT2D eigenvalue weighted by Gasteiger charge is -2.44. The second-order valence-electron chi connectivity index (χ2n) is 6.11. The maximum absolute atomic E-state index is 13.1.